The number of carbonyl (C=O) groups is 2. The predicted octanol–water partition coefficient (Wildman–Crippen LogP) is 1.85. The van der Waals surface area contributed by atoms with Crippen molar-refractivity contribution in [3.8, 4) is 5.75 Å². The molecule has 136 valence electrons. The molecule has 7 heteroatoms. The van der Waals surface area contributed by atoms with Crippen LogP contribution in [0.15, 0.2) is 18.2 Å². The molecule has 1 N–H and O–H groups in total. The second kappa shape index (κ2) is 6.63. The van der Waals surface area contributed by atoms with Crippen LogP contribution in [0.3, 0.4) is 0 Å². The van der Waals surface area contributed by atoms with Gasteiger partial charge in [0.05, 0.1) is 12.5 Å². The molecule has 0 saturated carbocycles. The number of carboxylic acids is 1. The molecule has 0 aromatic heterocycles. The number of likely N-dealkylation sites (N-methyl/N-ethyl adjacent to an activating group) is 1. The zero-order valence-corrected chi connectivity index (χ0v) is 14.5. The van der Waals surface area contributed by atoms with Crippen LogP contribution in [0.25, 0.3) is 0 Å². The first-order chi connectivity index (χ1) is 11.9. The lowest BCUT2D eigenvalue weighted by atomic mass is 9.68. The number of amides is 1. The van der Waals surface area contributed by atoms with Gasteiger partial charge in [0.25, 0.3) is 5.91 Å². The summed E-state index contributed by atoms with van der Waals surface area (Å²) in [6, 6.07) is 3.92. The SMILES string of the molecule is COc1ccc(C(=O)N2CC[C@@]3(C(=O)O)CCCN(C)[C@@H]3C2)cc1F. The van der Waals surface area contributed by atoms with Crippen molar-refractivity contribution in [2.75, 3.05) is 33.8 Å². The van der Waals surface area contributed by atoms with Crippen LogP contribution in [0.1, 0.15) is 29.6 Å². The summed E-state index contributed by atoms with van der Waals surface area (Å²) in [5.74, 6) is -1.56. The highest BCUT2D eigenvalue weighted by atomic mass is 19.1. The number of halogens is 1. The largest absolute Gasteiger partial charge is 0.494 e. The van der Waals surface area contributed by atoms with Crippen molar-refractivity contribution in [3.05, 3.63) is 29.6 Å². The molecule has 2 saturated heterocycles. The number of hydrogen-bond donors (Lipinski definition) is 1. The molecule has 0 spiro atoms. The number of hydrogen-bond acceptors (Lipinski definition) is 4. The molecule has 6 nitrogen and oxygen atoms in total. The topological polar surface area (TPSA) is 70.1 Å². The molecular weight excluding hydrogens is 327 g/mol. The molecule has 0 radical (unpaired) electrons. The number of methoxy groups -OCH3 is 1. The number of carbonyl (C=O) groups excluding carboxylic acids is 1. The summed E-state index contributed by atoms with van der Waals surface area (Å²) in [7, 11) is 3.28. The van der Waals surface area contributed by atoms with E-state index in [1.807, 2.05) is 11.9 Å². The van der Waals surface area contributed by atoms with E-state index in [4.69, 9.17) is 4.74 Å². The van der Waals surface area contributed by atoms with Gasteiger partial charge in [-0.2, -0.15) is 0 Å². The average Bonchev–Trinajstić information content (AvgIpc) is 2.61. The van der Waals surface area contributed by atoms with Crippen LogP contribution in [0.5, 0.6) is 5.75 Å². The summed E-state index contributed by atoms with van der Waals surface area (Å²) in [6.45, 7) is 1.53. The van der Waals surface area contributed by atoms with Crippen LogP contribution in [0.4, 0.5) is 4.39 Å². The number of likely N-dealkylation sites (tertiary alicyclic amines) is 2. The van der Waals surface area contributed by atoms with E-state index in [1.54, 1.807) is 4.90 Å². The monoisotopic (exact) mass is 350 g/mol. The number of rotatable bonds is 3. The minimum atomic E-state index is -0.797. The number of nitrogens with zero attached hydrogens (tertiary/aromatic N) is 2. The number of carboxylic acid groups (broad SMARTS) is 1. The fraction of sp³-hybridized carbons (Fsp3) is 0.556. The number of benzene rings is 1. The molecule has 0 aliphatic carbocycles. The Labute approximate surface area is 146 Å². The van der Waals surface area contributed by atoms with Gasteiger partial charge in [-0.15, -0.1) is 0 Å². The van der Waals surface area contributed by atoms with E-state index in [2.05, 4.69) is 0 Å². The zero-order valence-electron chi connectivity index (χ0n) is 14.5. The Bertz CT molecular complexity index is 696. The Kier molecular flexibility index (Phi) is 4.69. The van der Waals surface area contributed by atoms with Crippen molar-refractivity contribution in [1.29, 1.82) is 0 Å². The lowest BCUT2D eigenvalue weighted by Gasteiger charge is -2.51. The summed E-state index contributed by atoms with van der Waals surface area (Å²) in [6.07, 6.45) is 1.90. The Hall–Kier alpha value is -2.15. The summed E-state index contributed by atoms with van der Waals surface area (Å²) in [5, 5.41) is 9.78. The van der Waals surface area contributed by atoms with Crippen LogP contribution in [0, 0.1) is 11.2 Å². The van der Waals surface area contributed by atoms with Gasteiger partial charge in [0.1, 0.15) is 0 Å². The average molecular weight is 350 g/mol. The minimum absolute atomic E-state index is 0.0899. The fourth-order valence-corrected chi connectivity index (χ4v) is 4.15. The van der Waals surface area contributed by atoms with E-state index in [1.165, 1.54) is 25.3 Å². The third-order valence-corrected chi connectivity index (χ3v) is 5.64. The normalized spacial score (nSPS) is 26.8. The minimum Gasteiger partial charge on any atom is -0.494 e. The van der Waals surface area contributed by atoms with E-state index in [9.17, 15) is 19.1 Å². The van der Waals surface area contributed by atoms with Crippen molar-refractivity contribution in [1.82, 2.24) is 9.80 Å². The molecule has 25 heavy (non-hydrogen) atoms. The molecule has 3 rings (SSSR count). The molecule has 2 atom stereocenters. The quantitative estimate of drug-likeness (QED) is 0.901. The molecule has 2 aliphatic rings. The third kappa shape index (κ3) is 2.97. The van der Waals surface area contributed by atoms with E-state index in [-0.39, 0.29) is 23.3 Å². The second-order valence-electron chi connectivity index (χ2n) is 6.91. The Morgan fingerprint density at radius 1 is 1.32 bits per heavy atom. The summed E-state index contributed by atoms with van der Waals surface area (Å²) < 4.78 is 18.8. The van der Waals surface area contributed by atoms with Gasteiger partial charge in [0, 0.05) is 24.7 Å². The smallest absolute Gasteiger partial charge is 0.311 e. The van der Waals surface area contributed by atoms with Crippen LogP contribution >= 0.6 is 0 Å². The van der Waals surface area contributed by atoms with Gasteiger partial charge in [-0.3, -0.25) is 9.59 Å². The highest BCUT2D eigenvalue weighted by Crippen LogP contribution is 2.42. The summed E-state index contributed by atoms with van der Waals surface area (Å²) in [4.78, 5) is 28.4. The van der Waals surface area contributed by atoms with Gasteiger partial charge >= 0.3 is 5.97 Å². The van der Waals surface area contributed by atoms with Crippen molar-refractivity contribution in [2.45, 2.75) is 25.3 Å². The Morgan fingerprint density at radius 3 is 2.72 bits per heavy atom. The maximum absolute atomic E-state index is 13.9. The van der Waals surface area contributed by atoms with E-state index in [0.29, 0.717) is 25.9 Å². The van der Waals surface area contributed by atoms with Crippen LogP contribution in [0.2, 0.25) is 0 Å². The van der Waals surface area contributed by atoms with Crippen molar-refractivity contribution < 1.29 is 23.8 Å². The number of aliphatic carboxylic acids is 1. The lowest BCUT2D eigenvalue weighted by molar-refractivity contribution is -0.161. The maximum atomic E-state index is 13.9. The maximum Gasteiger partial charge on any atom is 0.311 e. The van der Waals surface area contributed by atoms with Crippen molar-refractivity contribution >= 4 is 11.9 Å². The molecular formula is C18H23FN2O4. The first-order valence-electron chi connectivity index (χ1n) is 8.45. The van der Waals surface area contributed by atoms with E-state index < -0.39 is 17.2 Å². The molecule has 1 aromatic rings. The summed E-state index contributed by atoms with van der Waals surface area (Å²) in [5.41, 5.74) is -0.547. The standard InChI is InChI=1S/C18H23FN2O4/c1-20-8-3-6-18(17(23)24)7-9-21(11-15(18)20)16(22)12-4-5-14(25-2)13(19)10-12/h4-5,10,15H,3,6-9,11H2,1-2H3,(H,23,24)/t15-,18+/m1/s1. The first-order valence-corrected chi connectivity index (χ1v) is 8.45. The molecule has 1 aromatic carbocycles. The van der Waals surface area contributed by atoms with E-state index >= 15 is 0 Å². The van der Waals surface area contributed by atoms with Crippen LogP contribution < -0.4 is 4.74 Å². The summed E-state index contributed by atoms with van der Waals surface area (Å²) >= 11 is 0. The number of piperidine rings is 2. The van der Waals surface area contributed by atoms with Gasteiger partial charge in [0.2, 0.25) is 0 Å². The van der Waals surface area contributed by atoms with Crippen LogP contribution in [-0.4, -0.2) is 66.6 Å². The Morgan fingerprint density at radius 2 is 2.08 bits per heavy atom. The lowest BCUT2D eigenvalue weighted by Crippen LogP contribution is -2.63. The molecule has 1 amide bonds. The van der Waals surface area contributed by atoms with Gasteiger partial charge in [0.15, 0.2) is 11.6 Å². The van der Waals surface area contributed by atoms with Crippen molar-refractivity contribution in [2.24, 2.45) is 5.41 Å². The van der Waals surface area contributed by atoms with Gasteiger partial charge in [-0.25, -0.2) is 4.39 Å². The molecule has 0 unspecified atom stereocenters. The predicted molar refractivity (Wildman–Crippen MR) is 89.2 cm³/mol. The Balaban J connectivity index is 1.82. The molecule has 2 heterocycles. The number of ether oxygens (including phenoxy) is 1. The molecule has 2 aliphatic heterocycles. The van der Waals surface area contributed by atoms with Crippen LogP contribution in [-0.2, 0) is 4.79 Å². The molecule has 0 bridgehead atoms. The second-order valence-corrected chi connectivity index (χ2v) is 6.91. The zero-order chi connectivity index (χ0) is 18.2. The number of fused-ring (bicyclic) bond motifs is 1. The third-order valence-electron chi connectivity index (χ3n) is 5.64. The van der Waals surface area contributed by atoms with Gasteiger partial charge in [-0.05, 0) is 51.1 Å². The van der Waals surface area contributed by atoms with Gasteiger partial charge in [-0.1, -0.05) is 0 Å². The highest BCUT2D eigenvalue weighted by Gasteiger charge is 2.52. The molecule has 2 fully saturated rings. The fourth-order valence-electron chi connectivity index (χ4n) is 4.15. The van der Waals surface area contributed by atoms with Crippen molar-refractivity contribution in [3.63, 3.8) is 0 Å². The first kappa shape index (κ1) is 17.7. The van der Waals surface area contributed by atoms with E-state index in [0.717, 1.165) is 13.0 Å². The highest BCUT2D eigenvalue weighted by molar-refractivity contribution is 5.94. The van der Waals surface area contributed by atoms with Gasteiger partial charge < -0.3 is 19.6 Å².